The number of rotatable bonds is 3. The number of allylic oxidation sites excluding steroid dienone is 4. The van der Waals surface area contributed by atoms with Crippen molar-refractivity contribution in [2.75, 3.05) is 0 Å². The van der Waals surface area contributed by atoms with Gasteiger partial charge in [0.15, 0.2) is 0 Å². The van der Waals surface area contributed by atoms with Crippen LogP contribution in [0.3, 0.4) is 0 Å². The van der Waals surface area contributed by atoms with Gasteiger partial charge in [0.05, 0.1) is 0 Å². The first-order chi connectivity index (χ1) is 7.02. The SMILES string of the molecule is C=C(C)/C=C(/C(=C)C)c1ccccc1C. The van der Waals surface area contributed by atoms with Crippen LogP contribution in [-0.4, -0.2) is 0 Å². The standard InChI is InChI=1S/C15H18/c1-11(2)10-15(12(3)4)14-9-7-6-8-13(14)5/h6-10H,1,3H2,2,4-5H3/b15-10-. The molecule has 0 atom stereocenters. The van der Waals surface area contributed by atoms with Gasteiger partial charge >= 0.3 is 0 Å². The van der Waals surface area contributed by atoms with Crippen LogP contribution in [0.25, 0.3) is 5.57 Å². The smallest absolute Gasteiger partial charge is 0.0152 e. The molecule has 0 radical (unpaired) electrons. The molecule has 0 fully saturated rings. The molecule has 1 aromatic carbocycles. The second-order valence-corrected chi connectivity index (χ2v) is 4.00. The summed E-state index contributed by atoms with van der Waals surface area (Å²) in [7, 11) is 0. The van der Waals surface area contributed by atoms with E-state index >= 15 is 0 Å². The summed E-state index contributed by atoms with van der Waals surface area (Å²) in [4.78, 5) is 0. The van der Waals surface area contributed by atoms with Crippen LogP contribution in [0.2, 0.25) is 0 Å². The Morgan fingerprint density at radius 3 is 2.20 bits per heavy atom. The Kier molecular flexibility index (Phi) is 3.68. The van der Waals surface area contributed by atoms with Gasteiger partial charge in [-0.2, -0.15) is 0 Å². The minimum Gasteiger partial charge on any atom is -0.0961 e. The zero-order valence-electron chi connectivity index (χ0n) is 9.80. The van der Waals surface area contributed by atoms with E-state index in [2.05, 4.69) is 50.4 Å². The molecule has 0 bridgehead atoms. The van der Waals surface area contributed by atoms with E-state index in [0.717, 1.165) is 11.1 Å². The van der Waals surface area contributed by atoms with Crippen LogP contribution in [0.5, 0.6) is 0 Å². The zero-order chi connectivity index (χ0) is 11.4. The fraction of sp³-hybridized carbons (Fsp3) is 0.200. The molecule has 0 saturated carbocycles. The lowest BCUT2D eigenvalue weighted by molar-refractivity contribution is 1.39. The third-order valence-corrected chi connectivity index (χ3v) is 2.29. The van der Waals surface area contributed by atoms with E-state index in [-0.39, 0.29) is 0 Å². The summed E-state index contributed by atoms with van der Waals surface area (Å²) in [5, 5.41) is 0. The fourth-order valence-corrected chi connectivity index (χ4v) is 1.55. The topological polar surface area (TPSA) is 0 Å². The highest BCUT2D eigenvalue weighted by Crippen LogP contribution is 2.25. The highest BCUT2D eigenvalue weighted by atomic mass is 14.1. The van der Waals surface area contributed by atoms with Crippen molar-refractivity contribution in [1.29, 1.82) is 0 Å². The van der Waals surface area contributed by atoms with E-state index in [1.165, 1.54) is 16.7 Å². The average Bonchev–Trinajstić information content (AvgIpc) is 2.15. The van der Waals surface area contributed by atoms with Crippen molar-refractivity contribution in [2.24, 2.45) is 0 Å². The van der Waals surface area contributed by atoms with E-state index in [4.69, 9.17) is 0 Å². The summed E-state index contributed by atoms with van der Waals surface area (Å²) in [5.74, 6) is 0. The highest BCUT2D eigenvalue weighted by Gasteiger charge is 2.04. The van der Waals surface area contributed by atoms with Crippen molar-refractivity contribution in [2.45, 2.75) is 20.8 Å². The van der Waals surface area contributed by atoms with Crippen LogP contribution in [0, 0.1) is 6.92 Å². The quantitative estimate of drug-likeness (QED) is 0.626. The Hall–Kier alpha value is -1.56. The minimum atomic E-state index is 1.05. The van der Waals surface area contributed by atoms with Crippen LogP contribution in [0.1, 0.15) is 25.0 Å². The van der Waals surface area contributed by atoms with Gasteiger partial charge in [-0.25, -0.2) is 0 Å². The Bertz CT molecular complexity index is 419. The van der Waals surface area contributed by atoms with Gasteiger partial charge in [0, 0.05) is 0 Å². The number of hydrogen-bond donors (Lipinski definition) is 0. The normalized spacial score (nSPS) is 11.3. The largest absolute Gasteiger partial charge is 0.0961 e. The summed E-state index contributed by atoms with van der Waals surface area (Å²) in [5.41, 5.74) is 5.82. The van der Waals surface area contributed by atoms with Crippen molar-refractivity contribution in [3.8, 4) is 0 Å². The molecule has 0 N–H and O–H groups in total. The molecule has 0 aliphatic carbocycles. The Morgan fingerprint density at radius 1 is 1.13 bits per heavy atom. The molecule has 0 nitrogen and oxygen atoms in total. The molecule has 0 spiro atoms. The van der Waals surface area contributed by atoms with Crippen LogP contribution < -0.4 is 0 Å². The lowest BCUT2D eigenvalue weighted by atomic mass is 9.94. The molecule has 0 saturated heterocycles. The van der Waals surface area contributed by atoms with Crippen molar-refractivity contribution in [3.05, 3.63) is 65.8 Å². The molecule has 0 aromatic heterocycles. The number of hydrogen-bond acceptors (Lipinski definition) is 0. The summed E-state index contributed by atoms with van der Waals surface area (Å²) in [6, 6.07) is 8.34. The fourth-order valence-electron chi connectivity index (χ4n) is 1.55. The van der Waals surface area contributed by atoms with Gasteiger partial charge in [-0.3, -0.25) is 0 Å². The van der Waals surface area contributed by atoms with E-state index in [1.807, 2.05) is 13.8 Å². The molecule has 1 aromatic rings. The number of benzene rings is 1. The maximum Gasteiger partial charge on any atom is -0.0152 e. The maximum atomic E-state index is 4.02. The lowest BCUT2D eigenvalue weighted by Gasteiger charge is -2.10. The van der Waals surface area contributed by atoms with Gasteiger partial charge in [-0.05, 0) is 37.5 Å². The van der Waals surface area contributed by atoms with E-state index in [9.17, 15) is 0 Å². The molecule has 0 aliphatic heterocycles. The molecule has 0 amide bonds. The summed E-state index contributed by atoms with van der Waals surface area (Å²) in [6.45, 7) is 14.1. The third-order valence-electron chi connectivity index (χ3n) is 2.29. The molecule has 1 rings (SSSR count). The molecule has 78 valence electrons. The van der Waals surface area contributed by atoms with Crippen molar-refractivity contribution >= 4 is 5.57 Å². The minimum absolute atomic E-state index is 1.05. The Labute approximate surface area is 92.6 Å². The van der Waals surface area contributed by atoms with Gasteiger partial charge < -0.3 is 0 Å². The van der Waals surface area contributed by atoms with Gasteiger partial charge in [0.2, 0.25) is 0 Å². The molecule has 0 unspecified atom stereocenters. The van der Waals surface area contributed by atoms with Crippen molar-refractivity contribution < 1.29 is 0 Å². The van der Waals surface area contributed by atoms with E-state index in [1.54, 1.807) is 0 Å². The molecule has 0 heterocycles. The van der Waals surface area contributed by atoms with Gasteiger partial charge in [-0.1, -0.05) is 54.6 Å². The first kappa shape index (κ1) is 11.5. The Morgan fingerprint density at radius 2 is 1.73 bits per heavy atom. The highest BCUT2D eigenvalue weighted by molar-refractivity contribution is 5.81. The molecule has 0 heteroatoms. The van der Waals surface area contributed by atoms with Crippen LogP contribution >= 0.6 is 0 Å². The first-order valence-corrected chi connectivity index (χ1v) is 5.11. The van der Waals surface area contributed by atoms with Crippen LogP contribution in [0.15, 0.2) is 54.6 Å². The number of aryl methyl sites for hydroxylation is 1. The van der Waals surface area contributed by atoms with Crippen LogP contribution in [-0.2, 0) is 0 Å². The van der Waals surface area contributed by atoms with Crippen molar-refractivity contribution in [1.82, 2.24) is 0 Å². The van der Waals surface area contributed by atoms with Gasteiger partial charge in [0.1, 0.15) is 0 Å². The molecule has 0 aliphatic rings. The summed E-state index contributed by atoms with van der Waals surface area (Å²) >= 11 is 0. The zero-order valence-corrected chi connectivity index (χ0v) is 9.80. The second kappa shape index (κ2) is 4.79. The van der Waals surface area contributed by atoms with Gasteiger partial charge in [-0.15, -0.1) is 0 Å². The predicted molar refractivity (Wildman–Crippen MR) is 68.8 cm³/mol. The lowest BCUT2D eigenvalue weighted by Crippen LogP contribution is -1.90. The maximum absolute atomic E-state index is 4.02. The second-order valence-electron chi connectivity index (χ2n) is 4.00. The van der Waals surface area contributed by atoms with E-state index in [0.29, 0.717) is 0 Å². The third kappa shape index (κ3) is 2.95. The summed E-state index contributed by atoms with van der Waals surface area (Å²) < 4.78 is 0. The molecular weight excluding hydrogens is 180 g/mol. The van der Waals surface area contributed by atoms with Gasteiger partial charge in [0.25, 0.3) is 0 Å². The molecular formula is C15H18. The average molecular weight is 198 g/mol. The summed E-state index contributed by atoms with van der Waals surface area (Å²) in [6.07, 6.45) is 2.09. The van der Waals surface area contributed by atoms with Crippen molar-refractivity contribution in [3.63, 3.8) is 0 Å². The van der Waals surface area contributed by atoms with Crippen LogP contribution in [0.4, 0.5) is 0 Å². The monoisotopic (exact) mass is 198 g/mol. The first-order valence-electron chi connectivity index (χ1n) is 5.11. The molecule has 15 heavy (non-hydrogen) atoms. The predicted octanol–water partition coefficient (Wildman–Crippen LogP) is 4.53. The Balaban J connectivity index is 3.29. The van der Waals surface area contributed by atoms with E-state index < -0.39 is 0 Å².